The molecule has 1 aromatic rings. The highest BCUT2D eigenvalue weighted by molar-refractivity contribution is 6.00. The third-order valence-corrected chi connectivity index (χ3v) is 3.38. The molecular formula is C14H18N2O5. The molecule has 114 valence electrons. The summed E-state index contributed by atoms with van der Waals surface area (Å²) in [7, 11) is 2.79. The second-order valence-corrected chi connectivity index (χ2v) is 5.01. The van der Waals surface area contributed by atoms with Crippen LogP contribution in [0.1, 0.15) is 19.4 Å². The van der Waals surface area contributed by atoms with Gasteiger partial charge in [-0.05, 0) is 18.1 Å². The van der Waals surface area contributed by atoms with Crippen molar-refractivity contribution in [3.05, 3.63) is 27.8 Å². The fourth-order valence-electron chi connectivity index (χ4n) is 2.14. The van der Waals surface area contributed by atoms with Gasteiger partial charge in [0.15, 0.2) is 5.75 Å². The molecule has 0 aliphatic carbocycles. The minimum Gasteiger partial charge on any atom is -0.493 e. The van der Waals surface area contributed by atoms with Crippen LogP contribution >= 0.6 is 0 Å². The fourth-order valence-corrected chi connectivity index (χ4v) is 2.14. The van der Waals surface area contributed by atoms with Crippen LogP contribution in [0.4, 0.5) is 5.69 Å². The summed E-state index contributed by atoms with van der Waals surface area (Å²) >= 11 is 0. The molecule has 0 aromatic heterocycles. The SMILES string of the molecule is COc1ccc(C2=NC(C(C)C)CO2)c([N+](=O)[O-])c1OC. The van der Waals surface area contributed by atoms with E-state index in [1.165, 1.54) is 14.2 Å². The van der Waals surface area contributed by atoms with Crippen LogP contribution in [0.15, 0.2) is 17.1 Å². The molecule has 7 heteroatoms. The lowest BCUT2D eigenvalue weighted by Gasteiger charge is -2.10. The van der Waals surface area contributed by atoms with Crippen LogP contribution in [0, 0.1) is 16.0 Å². The summed E-state index contributed by atoms with van der Waals surface area (Å²) in [4.78, 5) is 15.3. The summed E-state index contributed by atoms with van der Waals surface area (Å²) in [5.74, 6) is 0.953. The van der Waals surface area contributed by atoms with E-state index < -0.39 is 4.92 Å². The molecule has 2 rings (SSSR count). The standard InChI is InChI=1S/C14H18N2O5/c1-8(2)10-7-21-14(15-10)9-5-6-11(19-3)13(20-4)12(9)16(17)18/h5-6,8,10H,7H2,1-4H3. The molecule has 1 aliphatic heterocycles. The van der Waals surface area contributed by atoms with E-state index in [1.54, 1.807) is 12.1 Å². The number of nitrogens with zero attached hydrogens (tertiary/aromatic N) is 2. The first-order valence-electron chi connectivity index (χ1n) is 6.60. The van der Waals surface area contributed by atoms with Gasteiger partial charge in [0.25, 0.3) is 0 Å². The molecule has 1 atom stereocenters. The van der Waals surface area contributed by atoms with E-state index >= 15 is 0 Å². The topological polar surface area (TPSA) is 83.2 Å². The third kappa shape index (κ3) is 2.76. The third-order valence-electron chi connectivity index (χ3n) is 3.38. The van der Waals surface area contributed by atoms with E-state index in [0.717, 1.165) is 0 Å². The minimum atomic E-state index is -0.509. The normalized spacial score (nSPS) is 17.4. The number of hydrogen-bond acceptors (Lipinski definition) is 6. The summed E-state index contributed by atoms with van der Waals surface area (Å²) in [6, 6.07) is 3.18. The largest absolute Gasteiger partial charge is 0.493 e. The average Bonchev–Trinajstić information content (AvgIpc) is 2.95. The Morgan fingerprint density at radius 2 is 2.10 bits per heavy atom. The fraction of sp³-hybridized carbons (Fsp3) is 0.500. The first-order chi connectivity index (χ1) is 9.99. The van der Waals surface area contributed by atoms with Crippen molar-refractivity contribution in [1.82, 2.24) is 0 Å². The van der Waals surface area contributed by atoms with Crippen molar-refractivity contribution in [2.45, 2.75) is 19.9 Å². The van der Waals surface area contributed by atoms with Gasteiger partial charge in [-0.25, -0.2) is 4.99 Å². The van der Waals surface area contributed by atoms with Crippen molar-refractivity contribution in [1.29, 1.82) is 0 Å². The van der Waals surface area contributed by atoms with Crippen LogP contribution in [0.25, 0.3) is 0 Å². The van der Waals surface area contributed by atoms with Crippen molar-refractivity contribution in [2.24, 2.45) is 10.9 Å². The highest BCUT2D eigenvalue weighted by atomic mass is 16.6. The molecule has 0 saturated carbocycles. The molecule has 0 radical (unpaired) electrons. The Hall–Kier alpha value is -2.31. The molecule has 21 heavy (non-hydrogen) atoms. The van der Waals surface area contributed by atoms with Crippen LogP contribution in [-0.4, -0.2) is 37.7 Å². The molecule has 1 aromatic carbocycles. The van der Waals surface area contributed by atoms with Crippen LogP contribution in [-0.2, 0) is 4.74 Å². The number of benzene rings is 1. The second kappa shape index (κ2) is 5.99. The number of rotatable bonds is 5. The van der Waals surface area contributed by atoms with Crippen LogP contribution in [0.3, 0.4) is 0 Å². The molecule has 1 heterocycles. The van der Waals surface area contributed by atoms with E-state index in [4.69, 9.17) is 14.2 Å². The first-order valence-corrected chi connectivity index (χ1v) is 6.60. The zero-order valence-electron chi connectivity index (χ0n) is 12.5. The minimum absolute atomic E-state index is 0.00713. The van der Waals surface area contributed by atoms with Crippen molar-refractivity contribution in [2.75, 3.05) is 20.8 Å². The van der Waals surface area contributed by atoms with Gasteiger partial charge in [-0.1, -0.05) is 13.8 Å². The molecular weight excluding hydrogens is 276 g/mol. The number of aliphatic imine (C=N–C) groups is 1. The lowest BCUT2D eigenvalue weighted by molar-refractivity contribution is -0.386. The van der Waals surface area contributed by atoms with Crippen molar-refractivity contribution >= 4 is 11.6 Å². The van der Waals surface area contributed by atoms with Crippen molar-refractivity contribution in [3.63, 3.8) is 0 Å². The summed E-state index contributed by atoms with van der Waals surface area (Å²) in [5, 5.41) is 11.4. The molecule has 0 amide bonds. The van der Waals surface area contributed by atoms with Gasteiger partial charge >= 0.3 is 5.69 Å². The van der Waals surface area contributed by atoms with Gasteiger partial charge in [-0.2, -0.15) is 0 Å². The van der Waals surface area contributed by atoms with Crippen molar-refractivity contribution in [3.8, 4) is 11.5 Å². The predicted molar refractivity (Wildman–Crippen MR) is 77.3 cm³/mol. The van der Waals surface area contributed by atoms with Gasteiger partial charge in [0, 0.05) is 0 Å². The highest BCUT2D eigenvalue weighted by Gasteiger charge is 2.32. The van der Waals surface area contributed by atoms with Crippen LogP contribution in [0.5, 0.6) is 11.5 Å². The number of nitro groups is 1. The van der Waals surface area contributed by atoms with Crippen LogP contribution in [0.2, 0.25) is 0 Å². The van der Waals surface area contributed by atoms with Crippen LogP contribution < -0.4 is 9.47 Å². The molecule has 0 spiro atoms. The Kier molecular flexibility index (Phi) is 4.30. The number of methoxy groups -OCH3 is 2. The smallest absolute Gasteiger partial charge is 0.327 e. The molecule has 0 saturated heterocycles. The molecule has 0 fully saturated rings. The Labute approximate surface area is 122 Å². The van der Waals surface area contributed by atoms with Gasteiger partial charge in [0.2, 0.25) is 11.6 Å². The Morgan fingerprint density at radius 1 is 1.38 bits per heavy atom. The molecule has 7 nitrogen and oxygen atoms in total. The number of nitro benzene ring substituents is 1. The molecule has 1 unspecified atom stereocenters. The lowest BCUT2D eigenvalue weighted by Crippen LogP contribution is -2.13. The summed E-state index contributed by atoms with van der Waals surface area (Å²) in [6.07, 6.45) is 0. The number of ether oxygens (including phenoxy) is 3. The molecule has 1 aliphatic rings. The zero-order chi connectivity index (χ0) is 15.6. The first kappa shape index (κ1) is 15.1. The van der Waals surface area contributed by atoms with E-state index in [2.05, 4.69) is 4.99 Å². The average molecular weight is 294 g/mol. The number of hydrogen-bond donors (Lipinski definition) is 0. The van der Waals surface area contributed by atoms with E-state index in [0.29, 0.717) is 23.8 Å². The van der Waals surface area contributed by atoms with Gasteiger partial charge in [0.1, 0.15) is 12.2 Å². The van der Waals surface area contributed by atoms with E-state index in [-0.39, 0.29) is 23.4 Å². The Bertz CT molecular complexity index is 583. The highest BCUT2D eigenvalue weighted by Crippen LogP contribution is 2.40. The maximum absolute atomic E-state index is 11.4. The maximum atomic E-state index is 11.4. The monoisotopic (exact) mass is 294 g/mol. The second-order valence-electron chi connectivity index (χ2n) is 5.01. The van der Waals surface area contributed by atoms with Gasteiger partial charge < -0.3 is 14.2 Å². The van der Waals surface area contributed by atoms with E-state index in [9.17, 15) is 10.1 Å². The Morgan fingerprint density at radius 3 is 2.57 bits per heavy atom. The summed E-state index contributed by atoms with van der Waals surface area (Å²) < 4.78 is 15.7. The van der Waals surface area contributed by atoms with Gasteiger partial charge in [-0.3, -0.25) is 10.1 Å². The molecule has 0 N–H and O–H groups in total. The van der Waals surface area contributed by atoms with Crippen molar-refractivity contribution < 1.29 is 19.1 Å². The maximum Gasteiger partial charge on any atom is 0.327 e. The lowest BCUT2D eigenvalue weighted by atomic mass is 10.1. The summed E-state index contributed by atoms with van der Waals surface area (Å²) in [5.41, 5.74) is 0.112. The summed E-state index contributed by atoms with van der Waals surface area (Å²) in [6.45, 7) is 4.49. The predicted octanol–water partition coefficient (Wildman–Crippen LogP) is 2.41. The molecule has 0 bridgehead atoms. The van der Waals surface area contributed by atoms with Gasteiger partial charge in [0.05, 0.1) is 25.2 Å². The quantitative estimate of drug-likeness (QED) is 0.615. The van der Waals surface area contributed by atoms with Gasteiger partial charge in [-0.15, -0.1) is 0 Å². The van der Waals surface area contributed by atoms with E-state index in [1.807, 2.05) is 13.8 Å². The zero-order valence-corrected chi connectivity index (χ0v) is 12.5. The Balaban J connectivity index is 2.55.